The Kier molecular flexibility index (Phi) is 6.69. The zero-order chi connectivity index (χ0) is 29.7. The largest absolute Gasteiger partial charge is 0.481 e. The van der Waals surface area contributed by atoms with Gasteiger partial charge in [0.15, 0.2) is 11.5 Å². The van der Waals surface area contributed by atoms with Gasteiger partial charge in [-0.05, 0) is 56.6 Å². The highest BCUT2D eigenvalue weighted by Gasteiger charge is 2.47. The third-order valence-corrected chi connectivity index (χ3v) is 10.5. The Labute approximate surface area is 248 Å². The lowest BCUT2D eigenvalue weighted by molar-refractivity contribution is -0.148. The highest BCUT2D eigenvalue weighted by atomic mass is 32.2. The number of fused-ring (bicyclic) bond motifs is 4. The van der Waals surface area contributed by atoms with Crippen molar-refractivity contribution in [3.8, 4) is 22.6 Å². The Hall–Kier alpha value is -4.64. The highest BCUT2D eigenvalue weighted by Crippen LogP contribution is 2.46. The Balaban J connectivity index is 1.38. The number of hydrogen-bond donors (Lipinski definition) is 2. The average molecular weight is 595 g/mol. The lowest BCUT2D eigenvalue weighted by Gasteiger charge is -2.47. The number of aliphatic carboxylic acids is 1. The zero-order valence-corrected chi connectivity index (χ0v) is 24.3. The molecule has 8 rings (SSSR count). The summed E-state index contributed by atoms with van der Waals surface area (Å²) in [6.45, 7) is 1.90. The van der Waals surface area contributed by atoms with Crippen molar-refractivity contribution in [2.45, 2.75) is 43.5 Å². The van der Waals surface area contributed by atoms with Crippen molar-refractivity contribution in [2.24, 2.45) is 17.8 Å². The van der Waals surface area contributed by atoms with Gasteiger partial charge in [-0.15, -0.1) is 0 Å². The molecule has 218 valence electrons. The van der Waals surface area contributed by atoms with Crippen LogP contribution in [0, 0.1) is 24.7 Å². The molecule has 3 heterocycles. The quantitative estimate of drug-likeness (QED) is 0.253. The van der Waals surface area contributed by atoms with Crippen molar-refractivity contribution in [3.05, 3.63) is 84.9 Å². The van der Waals surface area contributed by atoms with Gasteiger partial charge in [-0.3, -0.25) is 4.79 Å². The number of aryl methyl sites for hydroxylation is 1. The molecule has 3 aliphatic carbocycles. The minimum absolute atomic E-state index is 0.133. The van der Waals surface area contributed by atoms with E-state index in [2.05, 4.69) is 15.3 Å². The summed E-state index contributed by atoms with van der Waals surface area (Å²) in [6, 6.07) is 17.8. The number of nitrogens with zero attached hydrogens (tertiary/aromatic N) is 5. The summed E-state index contributed by atoms with van der Waals surface area (Å²) in [5, 5.41) is 14.1. The molecule has 3 fully saturated rings. The van der Waals surface area contributed by atoms with Gasteiger partial charge in [0.1, 0.15) is 12.1 Å². The number of nitrogens with one attached hydrogen (secondary N) is 1. The molecule has 0 saturated heterocycles. The van der Waals surface area contributed by atoms with E-state index in [0.29, 0.717) is 22.5 Å². The molecule has 5 aromatic rings. The highest BCUT2D eigenvalue weighted by molar-refractivity contribution is 7.90. The van der Waals surface area contributed by atoms with Gasteiger partial charge in [0.25, 0.3) is 10.0 Å². The van der Waals surface area contributed by atoms with Gasteiger partial charge in [0.05, 0.1) is 16.5 Å². The molecule has 3 aliphatic rings. The molecule has 0 amide bonds. The lowest BCUT2D eigenvalue weighted by Crippen LogP contribution is -2.51. The first-order chi connectivity index (χ1) is 20.8. The van der Waals surface area contributed by atoms with Gasteiger partial charge in [0, 0.05) is 41.0 Å². The fourth-order valence-corrected chi connectivity index (χ4v) is 8.03. The lowest BCUT2D eigenvalue weighted by atomic mass is 9.61. The SMILES string of the molecule is Cc1ccc(S(=O)(=O)n2cc(-c3nc(NC4C5CCC(CC5)C4C(=O)O)cc(-c4ccccc4)n3)c3cncnc32)cc1. The van der Waals surface area contributed by atoms with Gasteiger partial charge >= 0.3 is 5.97 Å². The molecule has 2 aromatic carbocycles. The van der Waals surface area contributed by atoms with E-state index < -0.39 is 21.9 Å². The third kappa shape index (κ3) is 4.83. The summed E-state index contributed by atoms with van der Waals surface area (Å²) in [5.41, 5.74) is 3.08. The topological polar surface area (TPSA) is 140 Å². The van der Waals surface area contributed by atoms with Gasteiger partial charge in [-0.2, -0.15) is 0 Å². The van der Waals surface area contributed by atoms with Crippen LogP contribution < -0.4 is 5.32 Å². The molecule has 2 N–H and O–H groups in total. The van der Waals surface area contributed by atoms with E-state index in [9.17, 15) is 18.3 Å². The average Bonchev–Trinajstić information content (AvgIpc) is 3.43. The number of benzene rings is 2. The second kappa shape index (κ2) is 10.6. The Bertz CT molecular complexity index is 1930. The van der Waals surface area contributed by atoms with Crippen LogP contribution in [0.2, 0.25) is 0 Å². The van der Waals surface area contributed by atoms with Crippen LogP contribution in [0.3, 0.4) is 0 Å². The molecule has 0 spiro atoms. The van der Waals surface area contributed by atoms with Crippen LogP contribution in [0.25, 0.3) is 33.7 Å². The van der Waals surface area contributed by atoms with Crippen LogP contribution in [-0.4, -0.2) is 49.4 Å². The Morgan fingerprint density at radius 3 is 2.42 bits per heavy atom. The van der Waals surface area contributed by atoms with Crippen molar-refractivity contribution < 1.29 is 18.3 Å². The number of aromatic nitrogens is 5. The summed E-state index contributed by atoms with van der Waals surface area (Å²) in [7, 11) is -4.00. The first-order valence-corrected chi connectivity index (χ1v) is 15.8. The zero-order valence-electron chi connectivity index (χ0n) is 23.5. The summed E-state index contributed by atoms with van der Waals surface area (Å²) in [4.78, 5) is 30.7. The van der Waals surface area contributed by atoms with E-state index in [1.54, 1.807) is 30.5 Å². The number of anilines is 1. The van der Waals surface area contributed by atoms with E-state index >= 15 is 0 Å². The summed E-state index contributed by atoms with van der Waals surface area (Å²) >= 11 is 0. The monoisotopic (exact) mass is 594 g/mol. The van der Waals surface area contributed by atoms with Crippen molar-refractivity contribution in [2.75, 3.05) is 5.32 Å². The number of hydrogen-bond acceptors (Lipinski definition) is 8. The van der Waals surface area contributed by atoms with E-state index in [-0.39, 0.29) is 34.2 Å². The standard InChI is InChI=1S/C32H30N6O4S/c1-19-7-13-23(14-8-19)43(41,42)38-17-25(24-16-33-18-34-31(24)38)30-35-26(20-5-3-2-4-6-20)15-27(37-30)36-29-22-11-9-21(10-12-22)28(29)32(39)40/h2-8,13-18,21-22,28-29H,9-12H2,1H3,(H,39,40)(H,35,36,37). The number of carboxylic acid groups (broad SMARTS) is 1. The van der Waals surface area contributed by atoms with Crippen LogP contribution in [-0.2, 0) is 14.8 Å². The minimum Gasteiger partial charge on any atom is -0.481 e. The van der Waals surface area contributed by atoms with E-state index in [4.69, 9.17) is 9.97 Å². The van der Waals surface area contributed by atoms with Crippen molar-refractivity contribution in [1.82, 2.24) is 23.9 Å². The van der Waals surface area contributed by atoms with Crippen molar-refractivity contribution in [1.29, 1.82) is 0 Å². The molecule has 3 saturated carbocycles. The molecule has 2 unspecified atom stereocenters. The Morgan fingerprint density at radius 1 is 0.977 bits per heavy atom. The summed E-state index contributed by atoms with van der Waals surface area (Å²) in [5.74, 6) is -0.134. The number of carbonyl (C=O) groups is 1. The molecule has 43 heavy (non-hydrogen) atoms. The van der Waals surface area contributed by atoms with Gasteiger partial charge in [-0.1, -0.05) is 48.0 Å². The predicted molar refractivity (Wildman–Crippen MR) is 162 cm³/mol. The number of carboxylic acids is 1. The maximum atomic E-state index is 13.8. The fraction of sp³-hybridized carbons (Fsp3) is 0.281. The molecule has 11 heteroatoms. The molecule has 3 aromatic heterocycles. The molecule has 2 atom stereocenters. The molecule has 10 nitrogen and oxygen atoms in total. The predicted octanol–water partition coefficient (Wildman–Crippen LogP) is 5.40. The van der Waals surface area contributed by atoms with Crippen LogP contribution in [0.15, 0.2) is 84.3 Å². The Morgan fingerprint density at radius 2 is 1.70 bits per heavy atom. The number of rotatable bonds is 7. The van der Waals surface area contributed by atoms with Gasteiger partial charge in [0.2, 0.25) is 0 Å². The van der Waals surface area contributed by atoms with Crippen LogP contribution in [0.4, 0.5) is 5.82 Å². The maximum absolute atomic E-state index is 13.8. The first kappa shape index (κ1) is 27.2. The van der Waals surface area contributed by atoms with Crippen LogP contribution in [0.5, 0.6) is 0 Å². The molecular weight excluding hydrogens is 564 g/mol. The van der Waals surface area contributed by atoms with E-state index in [1.807, 2.05) is 43.3 Å². The molecule has 0 radical (unpaired) electrons. The van der Waals surface area contributed by atoms with Gasteiger partial charge in [-0.25, -0.2) is 32.3 Å². The first-order valence-electron chi connectivity index (χ1n) is 14.4. The third-order valence-electron chi connectivity index (χ3n) is 8.87. The molecule has 2 bridgehead atoms. The second-order valence-corrected chi connectivity index (χ2v) is 13.3. The van der Waals surface area contributed by atoms with Crippen molar-refractivity contribution >= 4 is 32.8 Å². The summed E-state index contributed by atoms with van der Waals surface area (Å²) < 4.78 is 28.7. The van der Waals surface area contributed by atoms with Gasteiger partial charge < -0.3 is 10.4 Å². The van der Waals surface area contributed by atoms with Crippen LogP contribution in [0.1, 0.15) is 31.2 Å². The normalized spacial score (nSPS) is 21.6. The minimum atomic E-state index is -4.00. The van der Waals surface area contributed by atoms with E-state index in [1.165, 1.54) is 12.5 Å². The summed E-state index contributed by atoms with van der Waals surface area (Å²) in [6.07, 6.45) is 8.19. The second-order valence-electron chi connectivity index (χ2n) is 11.5. The van der Waals surface area contributed by atoms with Crippen molar-refractivity contribution in [3.63, 3.8) is 0 Å². The fourth-order valence-electron chi connectivity index (χ4n) is 6.70. The maximum Gasteiger partial charge on any atom is 0.308 e. The molecule has 0 aliphatic heterocycles. The van der Waals surface area contributed by atoms with E-state index in [0.717, 1.165) is 40.8 Å². The molecular formula is C32H30N6O4S. The van der Waals surface area contributed by atoms with Crippen LogP contribution >= 0.6 is 0 Å². The smallest absolute Gasteiger partial charge is 0.308 e.